The second-order valence-electron chi connectivity index (χ2n) is 4.81. The van der Waals surface area contributed by atoms with Crippen molar-refractivity contribution in [3.8, 4) is 0 Å². The minimum absolute atomic E-state index is 0.0301. The SMILES string of the molecule is Cc1ccc(S(=O)(=O)c2ncoc2CCCCC=O)cc1. The van der Waals surface area contributed by atoms with Crippen LogP contribution in [0.1, 0.15) is 30.6 Å². The first-order valence-corrected chi connectivity index (χ1v) is 8.22. The molecule has 0 fully saturated rings. The summed E-state index contributed by atoms with van der Waals surface area (Å²) < 4.78 is 30.3. The Morgan fingerprint density at radius 2 is 1.90 bits per heavy atom. The number of sulfone groups is 1. The van der Waals surface area contributed by atoms with Gasteiger partial charge in [-0.25, -0.2) is 13.4 Å². The van der Waals surface area contributed by atoms with Crippen LogP contribution in [0.2, 0.25) is 0 Å². The van der Waals surface area contributed by atoms with E-state index in [0.717, 1.165) is 18.2 Å². The van der Waals surface area contributed by atoms with E-state index in [-0.39, 0.29) is 9.92 Å². The number of oxazole rings is 1. The van der Waals surface area contributed by atoms with Crippen LogP contribution in [0, 0.1) is 6.92 Å². The van der Waals surface area contributed by atoms with Gasteiger partial charge in [-0.3, -0.25) is 0 Å². The molecule has 2 aromatic rings. The molecule has 0 saturated heterocycles. The van der Waals surface area contributed by atoms with Crippen LogP contribution in [0.15, 0.2) is 45.0 Å². The third kappa shape index (κ3) is 3.58. The Morgan fingerprint density at radius 1 is 1.19 bits per heavy atom. The molecule has 0 aliphatic carbocycles. The van der Waals surface area contributed by atoms with Crippen LogP contribution in [0.3, 0.4) is 0 Å². The molecule has 0 spiro atoms. The number of benzene rings is 1. The average Bonchev–Trinajstić information content (AvgIpc) is 2.93. The summed E-state index contributed by atoms with van der Waals surface area (Å²) in [4.78, 5) is 14.3. The van der Waals surface area contributed by atoms with Gasteiger partial charge in [0.2, 0.25) is 14.9 Å². The first-order valence-electron chi connectivity index (χ1n) is 6.73. The molecule has 0 unspecified atom stereocenters. The molecule has 1 heterocycles. The Bertz CT molecular complexity index is 702. The summed E-state index contributed by atoms with van der Waals surface area (Å²) >= 11 is 0. The Balaban J connectivity index is 2.23. The van der Waals surface area contributed by atoms with E-state index in [4.69, 9.17) is 4.42 Å². The van der Waals surface area contributed by atoms with Crippen molar-refractivity contribution in [3.05, 3.63) is 42.0 Å². The van der Waals surface area contributed by atoms with Crippen LogP contribution in [-0.4, -0.2) is 19.7 Å². The van der Waals surface area contributed by atoms with E-state index in [9.17, 15) is 13.2 Å². The predicted molar refractivity (Wildman–Crippen MR) is 76.8 cm³/mol. The van der Waals surface area contributed by atoms with E-state index >= 15 is 0 Å². The van der Waals surface area contributed by atoms with Gasteiger partial charge in [-0.2, -0.15) is 0 Å². The van der Waals surface area contributed by atoms with Crippen molar-refractivity contribution in [2.75, 3.05) is 0 Å². The van der Waals surface area contributed by atoms with E-state index in [1.165, 1.54) is 0 Å². The lowest BCUT2D eigenvalue weighted by molar-refractivity contribution is -0.107. The average molecular weight is 307 g/mol. The van der Waals surface area contributed by atoms with E-state index in [2.05, 4.69) is 4.98 Å². The maximum Gasteiger partial charge on any atom is 0.227 e. The van der Waals surface area contributed by atoms with Gasteiger partial charge in [0.25, 0.3) is 0 Å². The fourth-order valence-corrected chi connectivity index (χ4v) is 3.34. The lowest BCUT2D eigenvalue weighted by Gasteiger charge is -2.04. The number of hydrogen-bond donors (Lipinski definition) is 0. The highest BCUT2D eigenvalue weighted by atomic mass is 32.2. The molecule has 5 nitrogen and oxygen atoms in total. The minimum Gasteiger partial charge on any atom is -0.447 e. The summed E-state index contributed by atoms with van der Waals surface area (Å²) in [6.45, 7) is 1.89. The molecular weight excluding hydrogens is 290 g/mol. The second kappa shape index (κ2) is 6.67. The van der Waals surface area contributed by atoms with Gasteiger partial charge >= 0.3 is 0 Å². The summed E-state index contributed by atoms with van der Waals surface area (Å²) in [7, 11) is -3.66. The first-order chi connectivity index (χ1) is 10.1. The molecule has 0 aliphatic rings. The fourth-order valence-electron chi connectivity index (χ4n) is 1.99. The molecule has 2 rings (SSSR count). The highest BCUT2D eigenvalue weighted by Gasteiger charge is 2.25. The molecule has 0 amide bonds. The number of aromatic nitrogens is 1. The molecule has 0 N–H and O–H groups in total. The maximum atomic E-state index is 12.5. The Labute approximate surface area is 123 Å². The van der Waals surface area contributed by atoms with Gasteiger partial charge in [0.1, 0.15) is 12.0 Å². The predicted octanol–water partition coefficient (Wildman–Crippen LogP) is 2.73. The number of aldehydes is 1. The molecule has 0 atom stereocenters. The molecular formula is C15H17NO4S. The van der Waals surface area contributed by atoms with Gasteiger partial charge in [-0.05, 0) is 31.9 Å². The van der Waals surface area contributed by atoms with Crippen LogP contribution >= 0.6 is 0 Å². The van der Waals surface area contributed by atoms with Crippen molar-refractivity contribution in [2.45, 2.75) is 42.5 Å². The van der Waals surface area contributed by atoms with Gasteiger partial charge < -0.3 is 9.21 Å². The Kier molecular flexibility index (Phi) is 4.90. The summed E-state index contributed by atoms with van der Waals surface area (Å²) in [5.41, 5.74) is 0.989. The first kappa shape index (κ1) is 15.4. The van der Waals surface area contributed by atoms with Gasteiger partial charge in [-0.15, -0.1) is 0 Å². The van der Waals surface area contributed by atoms with Crippen LogP contribution < -0.4 is 0 Å². The quantitative estimate of drug-likeness (QED) is 0.580. The normalized spacial score (nSPS) is 11.5. The van der Waals surface area contributed by atoms with E-state index in [1.807, 2.05) is 6.92 Å². The van der Waals surface area contributed by atoms with Gasteiger partial charge in [0.15, 0.2) is 6.39 Å². The molecule has 0 saturated carbocycles. The van der Waals surface area contributed by atoms with Crippen LogP contribution in [0.25, 0.3) is 0 Å². The minimum atomic E-state index is -3.66. The van der Waals surface area contributed by atoms with E-state index in [0.29, 0.717) is 31.4 Å². The van der Waals surface area contributed by atoms with Crippen molar-refractivity contribution >= 4 is 16.1 Å². The smallest absolute Gasteiger partial charge is 0.227 e. The Morgan fingerprint density at radius 3 is 2.57 bits per heavy atom. The van der Waals surface area contributed by atoms with Gasteiger partial charge in [-0.1, -0.05) is 17.7 Å². The second-order valence-corrected chi connectivity index (χ2v) is 6.67. The van der Waals surface area contributed by atoms with Crippen LogP contribution in [-0.2, 0) is 21.1 Å². The fraction of sp³-hybridized carbons (Fsp3) is 0.333. The zero-order chi connectivity index (χ0) is 15.3. The summed E-state index contributed by atoms with van der Waals surface area (Å²) in [5, 5.41) is -0.0301. The van der Waals surface area contributed by atoms with Crippen molar-refractivity contribution in [1.82, 2.24) is 4.98 Å². The number of hydrogen-bond acceptors (Lipinski definition) is 5. The van der Waals surface area contributed by atoms with Crippen LogP contribution in [0.5, 0.6) is 0 Å². The van der Waals surface area contributed by atoms with Crippen molar-refractivity contribution in [3.63, 3.8) is 0 Å². The Hall–Kier alpha value is -1.95. The summed E-state index contributed by atoms with van der Waals surface area (Å²) in [5.74, 6) is 0.349. The van der Waals surface area contributed by atoms with Gasteiger partial charge in [0.05, 0.1) is 4.90 Å². The molecule has 0 bridgehead atoms. The van der Waals surface area contributed by atoms with Crippen molar-refractivity contribution < 1.29 is 17.6 Å². The van der Waals surface area contributed by atoms with Crippen molar-refractivity contribution in [2.24, 2.45) is 0 Å². The molecule has 0 aliphatic heterocycles. The zero-order valence-corrected chi connectivity index (χ0v) is 12.6. The third-order valence-electron chi connectivity index (χ3n) is 3.17. The summed E-state index contributed by atoms with van der Waals surface area (Å²) in [6, 6.07) is 6.62. The largest absolute Gasteiger partial charge is 0.447 e. The molecule has 21 heavy (non-hydrogen) atoms. The summed E-state index contributed by atoms with van der Waals surface area (Å²) in [6.07, 6.45) is 4.31. The maximum absolute atomic E-state index is 12.5. The molecule has 1 aromatic heterocycles. The number of rotatable bonds is 7. The molecule has 0 radical (unpaired) electrons. The number of carbonyl (C=O) groups is 1. The number of nitrogens with zero attached hydrogens (tertiary/aromatic N) is 1. The zero-order valence-electron chi connectivity index (χ0n) is 11.8. The lowest BCUT2D eigenvalue weighted by Crippen LogP contribution is -2.05. The highest BCUT2D eigenvalue weighted by Crippen LogP contribution is 2.24. The van der Waals surface area contributed by atoms with Crippen molar-refractivity contribution in [1.29, 1.82) is 0 Å². The molecule has 112 valence electrons. The van der Waals surface area contributed by atoms with E-state index < -0.39 is 9.84 Å². The van der Waals surface area contributed by atoms with Gasteiger partial charge in [0, 0.05) is 12.8 Å². The molecule has 1 aromatic carbocycles. The topological polar surface area (TPSA) is 77.2 Å². The van der Waals surface area contributed by atoms with E-state index in [1.54, 1.807) is 24.3 Å². The third-order valence-corrected chi connectivity index (χ3v) is 4.90. The number of unbranched alkanes of at least 4 members (excludes halogenated alkanes) is 2. The number of carbonyl (C=O) groups excluding carboxylic acids is 1. The monoisotopic (exact) mass is 307 g/mol. The number of aryl methyl sites for hydroxylation is 2. The lowest BCUT2D eigenvalue weighted by atomic mass is 10.2. The standard InChI is InChI=1S/C15H17NO4S/c1-12-6-8-13(9-7-12)21(18,19)15-14(20-11-16-15)5-3-2-4-10-17/h6-11H,2-5H2,1H3. The van der Waals surface area contributed by atoms with Crippen LogP contribution in [0.4, 0.5) is 0 Å². The highest BCUT2D eigenvalue weighted by molar-refractivity contribution is 7.91. The molecule has 6 heteroatoms.